The van der Waals surface area contributed by atoms with Gasteiger partial charge in [0.25, 0.3) is 0 Å². The molecule has 0 aromatic carbocycles. The van der Waals surface area contributed by atoms with Gasteiger partial charge in [-0.3, -0.25) is 0 Å². The lowest BCUT2D eigenvalue weighted by Gasteiger charge is -2.24. The molecule has 1 saturated carbocycles. The van der Waals surface area contributed by atoms with Crippen LogP contribution in [0.15, 0.2) is 33.8 Å². The molecule has 16 heavy (non-hydrogen) atoms. The lowest BCUT2D eigenvalue weighted by molar-refractivity contribution is 0.307. The van der Waals surface area contributed by atoms with Gasteiger partial charge in [0.15, 0.2) is 11.8 Å². The second-order valence-electron chi connectivity index (χ2n) is 4.29. The minimum atomic E-state index is 0.473. The largest absolute Gasteiger partial charge is 0.449 e. The zero-order valence-electron chi connectivity index (χ0n) is 9.00. The average Bonchev–Trinajstić information content (AvgIpc) is 3.03. The van der Waals surface area contributed by atoms with E-state index in [1.807, 2.05) is 0 Å². The molecule has 4 heteroatoms. The summed E-state index contributed by atoms with van der Waals surface area (Å²) in [5.74, 6) is 2.71. The van der Waals surface area contributed by atoms with Crippen LogP contribution in [-0.2, 0) is 0 Å². The van der Waals surface area contributed by atoms with Crippen LogP contribution in [0.25, 0.3) is 0 Å². The van der Waals surface area contributed by atoms with E-state index in [4.69, 9.17) is 8.83 Å². The van der Waals surface area contributed by atoms with Crippen molar-refractivity contribution in [3.8, 4) is 0 Å². The molecule has 2 aromatic heterocycles. The van der Waals surface area contributed by atoms with E-state index in [0.29, 0.717) is 11.8 Å². The van der Waals surface area contributed by atoms with E-state index in [1.165, 1.54) is 0 Å². The predicted molar refractivity (Wildman–Crippen MR) is 57.0 cm³/mol. The molecule has 2 aromatic rings. The molecule has 0 bridgehead atoms. The summed E-state index contributed by atoms with van der Waals surface area (Å²) in [5.41, 5.74) is 0. The van der Waals surface area contributed by atoms with Crippen molar-refractivity contribution in [2.75, 3.05) is 0 Å². The molecule has 4 nitrogen and oxygen atoms in total. The van der Waals surface area contributed by atoms with Gasteiger partial charge >= 0.3 is 0 Å². The monoisotopic (exact) mass is 218 g/mol. The van der Waals surface area contributed by atoms with Crippen molar-refractivity contribution >= 4 is 0 Å². The maximum Gasteiger partial charge on any atom is 0.197 e. The van der Waals surface area contributed by atoms with Crippen molar-refractivity contribution in [2.45, 2.75) is 37.5 Å². The lowest BCUT2D eigenvalue weighted by Crippen LogP contribution is -2.12. The van der Waals surface area contributed by atoms with Gasteiger partial charge in [0.05, 0.1) is 12.4 Å². The van der Waals surface area contributed by atoms with Crippen LogP contribution in [-0.4, -0.2) is 9.97 Å². The maximum atomic E-state index is 5.35. The highest BCUT2D eigenvalue weighted by molar-refractivity contribution is 5.00. The minimum absolute atomic E-state index is 0.473. The summed E-state index contributed by atoms with van der Waals surface area (Å²) in [6, 6.07) is 0. The van der Waals surface area contributed by atoms with Gasteiger partial charge in [-0.15, -0.1) is 0 Å². The van der Waals surface area contributed by atoms with Gasteiger partial charge < -0.3 is 8.83 Å². The molecule has 1 fully saturated rings. The van der Waals surface area contributed by atoms with Crippen LogP contribution in [0, 0.1) is 0 Å². The molecule has 0 unspecified atom stereocenters. The highest BCUT2D eigenvalue weighted by atomic mass is 16.3. The molecule has 0 aliphatic heterocycles. The summed E-state index contributed by atoms with van der Waals surface area (Å²) in [6.07, 6.45) is 11.2. The Morgan fingerprint density at radius 3 is 1.56 bits per heavy atom. The summed E-state index contributed by atoms with van der Waals surface area (Å²) < 4.78 is 10.7. The first-order chi connectivity index (χ1) is 7.93. The zero-order valence-corrected chi connectivity index (χ0v) is 9.00. The SMILES string of the molecule is c1coc(C2CCC(c3ncco3)CC2)n1. The Hall–Kier alpha value is -1.58. The molecule has 0 saturated heterocycles. The standard InChI is InChI=1S/C12H14N2O2/c1-2-10(12-14-6-8-16-12)4-3-9(1)11-13-5-7-15-11/h5-10H,1-4H2. The van der Waals surface area contributed by atoms with Crippen molar-refractivity contribution in [1.82, 2.24) is 9.97 Å². The molecule has 0 N–H and O–H groups in total. The Bertz CT molecular complexity index is 372. The van der Waals surface area contributed by atoms with Gasteiger partial charge in [-0.25, -0.2) is 9.97 Å². The van der Waals surface area contributed by atoms with Crippen molar-refractivity contribution < 1.29 is 8.83 Å². The summed E-state index contributed by atoms with van der Waals surface area (Å²) in [7, 11) is 0. The van der Waals surface area contributed by atoms with Crippen LogP contribution >= 0.6 is 0 Å². The molecule has 0 atom stereocenters. The van der Waals surface area contributed by atoms with Gasteiger partial charge in [-0.1, -0.05) is 0 Å². The molecule has 84 valence electrons. The lowest BCUT2D eigenvalue weighted by atomic mass is 9.82. The van der Waals surface area contributed by atoms with Gasteiger partial charge in [-0.05, 0) is 25.7 Å². The number of hydrogen-bond acceptors (Lipinski definition) is 4. The molecular weight excluding hydrogens is 204 g/mol. The highest BCUT2D eigenvalue weighted by Crippen LogP contribution is 2.39. The fraction of sp³-hybridized carbons (Fsp3) is 0.500. The Morgan fingerprint density at radius 1 is 0.812 bits per heavy atom. The third-order valence-electron chi connectivity index (χ3n) is 3.33. The molecule has 2 heterocycles. The van der Waals surface area contributed by atoms with E-state index < -0.39 is 0 Å². The second kappa shape index (κ2) is 4.12. The van der Waals surface area contributed by atoms with E-state index in [-0.39, 0.29) is 0 Å². The van der Waals surface area contributed by atoms with Gasteiger partial charge in [-0.2, -0.15) is 0 Å². The summed E-state index contributed by atoms with van der Waals surface area (Å²) in [5, 5.41) is 0. The average molecular weight is 218 g/mol. The molecule has 0 spiro atoms. The van der Waals surface area contributed by atoms with Gasteiger partial charge in [0.1, 0.15) is 12.5 Å². The molecular formula is C12H14N2O2. The van der Waals surface area contributed by atoms with Crippen molar-refractivity contribution in [2.24, 2.45) is 0 Å². The van der Waals surface area contributed by atoms with Crippen molar-refractivity contribution in [3.05, 3.63) is 36.7 Å². The molecule has 0 radical (unpaired) electrons. The van der Waals surface area contributed by atoms with Crippen molar-refractivity contribution in [1.29, 1.82) is 0 Å². The quantitative estimate of drug-likeness (QED) is 0.777. The van der Waals surface area contributed by atoms with Crippen LogP contribution in [0.4, 0.5) is 0 Å². The Morgan fingerprint density at radius 2 is 1.25 bits per heavy atom. The van der Waals surface area contributed by atoms with E-state index in [0.717, 1.165) is 37.5 Å². The minimum Gasteiger partial charge on any atom is -0.449 e. The maximum absolute atomic E-state index is 5.35. The predicted octanol–water partition coefficient (Wildman–Crippen LogP) is 3.10. The van der Waals surface area contributed by atoms with Crippen LogP contribution in [0.3, 0.4) is 0 Å². The molecule has 3 rings (SSSR count). The number of nitrogens with zero attached hydrogens (tertiary/aromatic N) is 2. The Labute approximate surface area is 93.7 Å². The fourth-order valence-corrected chi connectivity index (χ4v) is 2.46. The molecule has 0 amide bonds. The Kier molecular flexibility index (Phi) is 2.48. The highest BCUT2D eigenvalue weighted by Gasteiger charge is 2.27. The topological polar surface area (TPSA) is 52.1 Å². The fourth-order valence-electron chi connectivity index (χ4n) is 2.46. The van der Waals surface area contributed by atoms with E-state index >= 15 is 0 Å². The smallest absolute Gasteiger partial charge is 0.197 e. The Balaban J connectivity index is 1.64. The third-order valence-corrected chi connectivity index (χ3v) is 3.33. The number of aromatic nitrogens is 2. The van der Waals surface area contributed by atoms with Crippen LogP contribution < -0.4 is 0 Å². The van der Waals surface area contributed by atoms with E-state index in [9.17, 15) is 0 Å². The van der Waals surface area contributed by atoms with Gasteiger partial charge in [0, 0.05) is 11.8 Å². The van der Waals surface area contributed by atoms with E-state index in [1.54, 1.807) is 24.9 Å². The van der Waals surface area contributed by atoms with Crippen LogP contribution in [0.1, 0.15) is 49.3 Å². The number of rotatable bonds is 2. The summed E-state index contributed by atoms with van der Waals surface area (Å²) >= 11 is 0. The van der Waals surface area contributed by atoms with Gasteiger partial charge in [0.2, 0.25) is 0 Å². The number of oxazole rings is 2. The van der Waals surface area contributed by atoms with Crippen LogP contribution in [0.2, 0.25) is 0 Å². The second-order valence-corrected chi connectivity index (χ2v) is 4.29. The first-order valence-electron chi connectivity index (χ1n) is 5.72. The first kappa shape index (κ1) is 9.63. The summed E-state index contributed by atoms with van der Waals surface area (Å²) in [6.45, 7) is 0. The van der Waals surface area contributed by atoms with E-state index in [2.05, 4.69) is 9.97 Å². The first-order valence-corrected chi connectivity index (χ1v) is 5.72. The van der Waals surface area contributed by atoms with Crippen LogP contribution in [0.5, 0.6) is 0 Å². The molecule has 1 aliphatic rings. The molecule has 1 aliphatic carbocycles. The normalized spacial score (nSPS) is 25.8. The number of hydrogen-bond donors (Lipinski definition) is 0. The zero-order chi connectivity index (χ0) is 10.8. The third kappa shape index (κ3) is 1.75. The van der Waals surface area contributed by atoms with Crippen molar-refractivity contribution in [3.63, 3.8) is 0 Å². The summed E-state index contributed by atoms with van der Waals surface area (Å²) in [4.78, 5) is 8.44.